The van der Waals surface area contributed by atoms with Gasteiger partial charge in [0.2, 0.25) is 0 Å². The molecular formula is C20H16ClFN2O. The van der Waals surface area contributed by atoms with Crippen LogP contribution in [0, 0.1) is 12.7 Å². The zero-order valence-electron chi connectivity index (χ0n) is 13.5. The molecule has 5 heteroatoms. The molecule has 25 heavy (non-hydrogen) atoms. The summed E-state index contributed by atoms with van der Waals surface area (Å²) in [6.45, 7) is 1.82. The standard InChI is InChI=1S/C20H16ClFN2O/c1-13-6-11-19(17(22)12-13)24-18-5-3-2-4-16(18)20(25)23-15-9-7-14(21)8-10-15/h2-12,24H,1H3,(H,23,25). The highest BCUT2D eigenvalue weighted by molar-refractivity contribution is 6.30. The Labute approximate surface area is 150 Å². The molecule has 0 aliphatic heterocycles. The van der Waals surface area contributed by atoms with Gasteiger partial charge in [0.05, 0.1) is 16.9 Å². The van der Waals surface area contributed by atoms with E-state index in [9.17, 15) is 9.18 Å². The number of anilines is 3. The second kappa shape index (κ2) is 7.36. The topological polar surface area (TPSA) is 41.1 Å². The molecule has 2 N–H and O–H groups in total. The van der Waals surface area contributed by atoms with Gasteiger partial charge >= 0.3 is 0 Å². The van der Waals surface area contributed by atoms with Crippen molar-refractivity contribution in [2.75, 3.05) is 10.6 Å². The molecule has 126 valence electrons. The van der Waals surface area contributed by atoms with E-state index in [2.05, 4.69) is 10.6 Å². The molecular weight excluding hydrogens is 339 g/mol. The number of halogens is 2. The molecule has 0 aromatic heterocycles. The molecule has 3 nitrogen and oxygen atoms in total. The number of hydrogen-bond acceptors (Lipinski definition) is 2. The maximum Gasteiger partial charge on any atom is 0.257 e. The Morgan fingerprint density at radius 3 is 2.40 bits per heavy atom. The normalized spacial score (nSPS) is 10.4. The monoisotopic (exact) mass is 354 g/mol. The zero-order chi connectivity index (χ0) is 17.8. The lowest BCUT2D eigenvalue weighted by atomic mass is 10.1. The van der Waals surface area contributed by atoms with E-state index < -0.39 is 0 Å². The fourth-order valence-corrected chi connectivity index (χ4v) is 2.51. The number of amides is 1. The molecule has 0 unspecified atom stereocenters. The van der Waals surface area contributed by atoms with Crippen LogP contribution in [0.5, 0.6) is 0 Å². The van der Waals surface area contributed by atoms with E-state index in [0.29, 0.717) is 27.6 Å². The number of hydrogen-bond donors (Lipinski definition) is 2. The number of benzene rings is 3. The van der Waals surface area contributed by atoms with Gasteiger partial charge in [0, 0.05) is 10.7 Å². The van der Waals surface area contributed by atoms with Crippen molar-refractivity contribution in [2.24, 2.45) is 0 Å². The first kappa shape index (κ1) is 17.0. The number of carbonyl (C=O) groups excluding carboxylic acids is 1. The molecule has 3 rings (SSSR count). The first-order valence-corrected chi connectivity index (χ1v) is 8.10. The average Bonchev–Trinajstić information content (AvgIpc) is 2.60. The molecule has 0 aliphatic rings. The summed E-state index contributed by atoms with van der Waals surface area (Å²) in [6, 6.07) is 18.7. The molecule has 0 atom stereocenters. The second-order valence-corrected chi connectivity index (χ2v) is 6.05. The van der Waals surface area contributed by atoms with Crippen LogP contribution in [-0.4, -0.2) is 5.91 Å². The predicted molar refractivity (Wildman–Crippen MR) is 100 cm³/mol. The van der Waals surface area contributed by atoms with Crippen molar-refractivity contribution in [1.29, 1.82) is 0 Å². The Bertz CT molecular complexity index is 910. The molecule has 0 aliphatic carbocycles. The SMILES string of the molecule is Cc1ccc(Nc2ccccc2C(=O)Nc2ccc(Cl)cc2)c(F)c1. The van der Waals surface area contributed by atoms with Crippen LogP contribution in [0.2, 0.25) is 5.02 Å². The van der Waals surface area contributed by atoms with Crippen LogP contribution in [0.3, 0.4) is 0 Å². The highest BCUT2D eigenvalue weighted by Crippen LogP contribution is 2.25. The van der Waals surface area contributed by atoms with Crippen molar-refractivity contribution in [3.8, 4) is 0 Å². The van der Waals surface area contributed by atoms with Crippen LogP contribution in [0.15, 0.2) is 66.7 Å². The Hall–Kier alpha value is -2.85. The van der Waals surface area contributed by atoms with Gasteiger partial charge in [-0.05, 0) is 61.0 Å². The highest BCUT2D eigenvalue weighted by Gasteiger charge is 2.13. The molecule has 0 radical (unpaired) electrons. The van der Waals surface area contributed by atoms with Gasteiger partial charge in [-0.2, -0.15) is 0 Å². The Morgan fingerprint density at radius 1 is 0.960 bits per heavy atom. The van der Waals surface area contributed by atoms with Crippen molar-refractivity contribution in [3.63, 3.8) is 0 Å². The van der Waals surface area contributed by atoms with Crippen LogP contribution in [0.4, 0.5) is 21.5 Å². The van der Waals surface area contributed by atoms with Gasteiger partial charge in [0.15, 0.2) is 0 Å². The van der Waals surface area contributed by atoms with Crippen LogP contribution >= 0.6 is 11.6 Å². The zero-order valence-corrected chi connectivity index (χ0v) is 14.3. The summed E-state index contributed by atoms with van der Waals surface area (Å²) < 4.78 is 14.1. The van der Waals surface area contributed by atoms with Crippen LogP contribution in [0.25, 0.3) is 0 Å². The summed E-state index contributed by atoms with van der Waals surface area (Å²) in [7, 11) is 0. The van der Waals surface area contributed by atoms with Gasteiger partial charge in [-0.3, -0.25) is 4.79 Å². The molecule has 0 saturated heterocycles. The molecule has 1 amide bonds. The van der Waals surface area contributed by atoms with Gasteiger partial charge in [-0.1, -0.05) is 29.8 Å². The largest absolute Gasteiger partial charge is 0.352 e. The summed E-state index contributed by atoms with van der Waals surface area (Å²) in [5, 5.41) is 6.38. The summed E-state index contributed by atoms with van der Waals surface area (Å²) >= 11 is 5.85. The first-order chi connectivity index (χ1) is 12.0. The average molecular weight is 355 g/mol. The maximum atomic E-state index is 14.1. The Morgan fingerprint density at radius 2 is 1.68 bits per heavy atom. The van der Waals surface area contributed by atoms with Crippen LogP contribution < -0.4 is 10.6 Å². The molecule has 0 heterocycles. The van der Waals surface area contributed by atoms with Crippen LogP contribution in [0.1, 0.15) is 15.9 Å². The minimum atomic E-state index is -0.368. The van der Waals surface area contributed by atoms with Crippen molar-refractivity contribution in [2.45, 2.75) is 6.92 Å². The lowest BCUT2D eigenvalue weighted by Crippen LogP contribution is -2.14. The molecule has 0 saturated carbocycles. The smallest absolute Gasteiger partial charge is 0.257 e. The summed E-state index contributed by atoms with van der Waals surface area (Å²) in [4.78, 5) is 12.6. The van der Waals surface area contributed by atoms with Gasteiger partial charge in [0.1, 0.15) is 5.82 Å². The second-order valence-electron chi connectivity index (χ2n) is 5.61. The van der Waals surface area contributed by atoms with Crippen LogP contribution in [-0.2, 0) is 0 Å². The number of rotatable bonds is 4. The summed E-state index contributed by atoms with van der Waals surface area (Å²) in [5.41, 5.74) is 2.72. The molecule has 0 fully saturated rings. The van der Waals surface area contributed by atoms with Gasteiger partial charge in [0.25, 0.3) is 5.91 Å². The third-order valence-electron chi connectivity index (χ3n) is 3.67. The fraction of sp³-hybridized carbons (Fsp3) is 0.0500. The van der Waals surface area contributed by atoms with E-state index in [-0.39, 0.29) is 11.7 Å². The van der Waals surface area contributed by atoms with E-state index in [4.69, 9.17) is 11.6 Å². The maximum absolute atomic E-state index is 14.1. The third kappa shape index (κ3) is 4.17. The van der Waals surface area contributed by atoms with E-state index in [1.165, 1.54) is 6.07 Å². The summed E-state index contributed by atoms with van der Waals surface area (Å²) in [5.74, 6) is -0.661. The van der Waals surface area contributed by atoms with Gasteiger partial charge in [-0.25, -0.2) is 4.39 Å². The number of carbonyl (C=O) groups is 1. The minimum absolute atomic E-state index is 0.294. The van der Waals surface area contributed by atoms with Crippen molar-refractivity contribution in [3.05, 3.63) is 88.7 Å². The van der Waals surface area contributed by atoms with E-state index in [0.717, 1.165) is 5.56 Å². The molecule has 0 spiro atoms. The highest BCUT2D eigenvalue weighted by atomic mass is 35.5. The molecule has 0 bridgehead atoms. The number of nitrogens with one attached hydrogen (secondary N) is 2. The first-order valence-electron chi connectivity index (χ1n) is 7.72. The third-order valence-corrected chi connectivity index (χ3v) is 3.92. The van der Waals surface area contributed by atoms with Crippen molar-refractivity contribution in [1.82, 2.24) is 0 Å². The van der Waals surface area contributed by atoms with Crippen molar-refractivity contribution >= 4 is 34.6 Å². The van der Waals surface area contributed by atoms with E-state index in [1.807, 2.05) is 13.0 Å². The lowest BCUT2D eigenvalue weighted by Gasteiger charge is -2.13. The lowest BCUT2D eigenvalue weighted by molar-refractivity contribution is 0.102. The Kier molecular flexibility index (Phi) is 5.00. The molecule has 3 aromatic carbocycles. The molecule has 3 aromatic rings. The van der Waals surface area contributed by atoms with Gasteiger partial charge in [-0.15, -0.1) is 0 Å². The fourth-order valence-electron chi connectivity index (χ4n) is 2.39. The van der Waals surface area contributed by atoms with E-state index in [1.54, 1.807) is 54.6 Å². The minimum Gasteiger partial charge on any atom is -0.352 e. The predicted octanol–water partition coefficient (Wildman–Crippen LogP) is 5.78. The van der Waals surface area contributed by atoms with Gasteiger partial charge < -0.3 is 10.6 Å². The number of para-hydroxylation sites is 1. The van der Waals surface area contributed by atoms with Crippen molar-refractivity contribution < 1.29 is 9.18 Å². The summed E-state index contributed by atoms with van der Waals surface area (Å²) in [6.07, 6.45) is 0. The number of aryl methyl sites for hydroxylation is 1. The quantitative estimate of drug-likeness (QED) is 0.623. The van der Waals surface area contributed by atoms with E-state index >= 15 is 0 Å². The Balaban J connectivity index is 1.85.